The molecule has 4 nitrogen and oxygen atoms in total. The Hall–Kier alpha value is -2.79. The van der Waals surface area contributed by atoms with E-state index in [1.807, 2.05) is 50.4 Å². The van der Waals surface area contributed by atoms with Crippen LogP contribution in [0, 0.1) is 0 Å². The van der Waals surface area contributed by atoms with Crippen LogP contribution in [0.4, 0.5) is 4.39 Å². The maximum Gasteiger partial charge on any atom is 0.131 e. The number of hydrogen-bond donors (Lipinski definition) is 2. The first kappa shape index (κ1) is 22.5. The number of benzene rings is 1. The van der Waals surface area contributed by atoms with Crippen molar-refractivity contribution in [3.8, 4) is 0 Å². The van der Waals surface area contributed by atoms with E-state index in [0.29, 0.717) is 18.2 Å². The minimum Gasteiger partial charge on any atom is -0.381 e. The molecular weight excluding hydrogens is 363 g/mol. The number of nitrogens with one attached hydrogen (secondary N) is 2. The standard InChI is InChI=1S/C24H31FN4/c1-5-9-19(26-4)10-8-11-20(21(25)6-2)22(7-3)29-17-18-12-13-23-24(16-18)28-15-14-27-23/h6-8,11-16,19,26,29H,2,5,9-10,17H2,1,3-4H3/b11-8+,21-20+,22-7+. The zero-order chi connectivity index (χ0) is 21.1. The fourth-order valence-corrected chi connectivity index (χ4v) is 3.16. The average molecular weight is 395 g/mol. The van der Waals surface area contributed by atoms with Crippen LogP contribution in [0.25, 0.3) is 11.0 Å². The minimum atomic E-state index is -0.345. The molecule has 2 N–H and O–H groups in total. The molecule has 0 amide bonds. The molecule has 0 spiro atoms. The second-order valence-electron chi connectivity index (χ2n) is 6.81. The van der Waals surface area contributed by atoms with Crippen LogP contribution in [0.15, 0.2) is 78.6 Å². The maximum absolute atomic E-state index is 14.5. The Bertz CT molecular complexity index is 899. The number of rotatable bonds is 11. The second kappa shape index (κ2) is 11.9. The third-order valence-electron chi connectivity index (χ3n) is 4.78. The third-order valence-corrected chi connectivity index (χ3v) is 4.78. The second-order valence-corrected chi connectivity index (χ2v) is 6.81. The van der Waals surface area contributed by atoms with Crippen molar-refractivity contribution in [3.63, 3.8) is 0 Å². The highest BCUT2D eigenvalue weighted by molar-refractivity contribution is 5.74. The van der Waals surface area contributed by atoms with Crippen molar-refractivity contribution in [2.45, 2.75) is 45.7 Å². The minimum absolute atomic E-state index is 0.345. The zero-order valence-corrected chi connectivity index (χ0v) is 17.6. The first-order valence-electron chi connectivity index (χ1n) is 10.1. The Morgan fingerprint density at radius 3 is 2.66 bits per heavy atom. The Morgan fingerprint density at radius 2 is 2.00 bits per heavy atom. The molecule has 0 saturated carbocycles. The lowest BCUT2D eigenvalue weighted by molar-refractivity contribution is 0.521. The first-order valence-corrected chi connectivity index (χ1v) is 10.1. The topological polar surface area (TPSA) is 49.8 Å². The van der Waals surface area contributed by atoms with Crippen molar-refractivity contribution in [2.24, 2.45) is 0 Å². The van der Waals surface area contributed by atoms with Crippen LogP contribution in [0.1, 0.15) is 38.7 Å². The number of hydrogen-bond acceptors (Lipinski definition) is 4. The van der Waals surface area contributed by atoms with Gasteiger partial charge in [0.2, 0.25) is 0 Å². The van der Waals surface area contributed by atoms with Gasteiger partial charge in [0.15, 0.2) is 0 Å². The number of nitrogens with zero attached hydrogens (tertiary/aromatic N) is 2. The van der Waals surface area contributed by atoms with Crippen LogP contribution < -0.4 is 10.6 Å². The number of fused-ring (bicyclic) bond motifs is 1. The maximum atomic E-state index is 14.5. The lowest BCUT2D eigenvalue weighted by Gasteiger charge is -2.15. The van der Waals surface area contributed by atoms with Gasteiger partial charge in [-0.2, -0.15) is 0 Å². The molecule has 1 atom stereocenters. The molecular formula is C24H31FN4. The van der Waals surface area contributed by atoms with Gasteiger partial charge in [0.25, 0.3) is 0 Å². The van der Waals surface area contributed by atoms with Crippen molar-refractivity contribution in [1.82, 2.24) is 20.6 Å². The van der Waals surface area contributed by atoms with Crippen molar-refractivity contribution < 1.29 is 4.39 Å². The molecule has 1 heterocycles. The van der Waals surface area contributed by atoms with Gasteiger partial charge in [-0.1, -0.05) is 44.2 Å². The molecule has 0 saturated heterocycles. The first-order chi connectivity index (χ1) is 14.1. The van der Waals surface area contributed by atoms with Crippen LogP contribution in [0.3, 0.4) is 0 Å². The van der Waals surface area contributed by atoms with Crippen molar-refractivity contribution in [1.29, 1.82) is 0 Å². The van der Waals surface area contributed by atoms with Crippen LogP contribution in [0.2, 0.25) is 0 Å². The van der Waals surface area contributed by atoms with E-state index in [2.05, 4.69) is 34.1 Å². The summed E-state index contributed by atoms with van der Waals surface area (Å²) >= 11 is 0. The highest BCUT2D eigenvalue weighted by atomic mass is 19.1. The molecule has 29 heavy (non-hydrogen) atoms. The fraction of sp³-hybridized carbons (Fsp3) is 0.333. The predicted molar refractivity (Wildman–Crippen MR) is 120 cm³/mol. The highest BCUT2D eigenvalue weighted by Gasteiger charge is 2.08. The molecule has 0 aliphatic carbocycles. The van der Waals surface area contributed by atoms with Gasteiger partial charge in [-0.05, 0) is 50.6 Å². The molecule has 154 valence electrons. The largest absolute Gasteiger partial charge is 0.381 e. The van der Waals surface area contributed by atoms with E-state index in [0.717, 1.165) is 41.6 Å². The monoisotopic (exact) mass is 394 g/mol. The number of aromatic nitrogens is 2. The van der Waals surface area contributed by atoms with E-state index in [1.165, 1.54) is 6.08 Å². The van der Waals surface area contributed by atoms with Gasteiger partial charge < -0.3 is 10.6 Å². The molecule has 0 aliphatic rings. The van der Waals surface area contributed by atoms with E-state index >= 15 is 0 Å². The predicted octanol–water partition coefficient (Wildman–Crippen LogP) is 5.37. The van der Waals surface area contributed by atoms with Crippen LogP contribution in [-0.4, -0.2) is 23.1 Å². The molecule has 2 aromatic rings. The molecule has 1 unspecified atom stereocenters. The fourth-order valence-electron chi connectivity index (χ4n) is 3.16. The van der Waals surface area contributed by atoms with Crippen molar-refractivity contribution in [2.75, 3.05) is 7.05 Å². The van der Waals surface area contributed by atoms with Gasteiger partial charge >= 0.3 is 0 Å². The Kier molecular flexibility index (Phi) is 9.25. The van der Waals surface area contributed by atoms with Crippen LogP contribution in [0.5, 0.6) is 0 Å². The molecule has 0 radical (unpaired) electrons. The SMILES string of the molecule is C=C/C(F)=C(/C=C/CC(CCC)NC)C(=C/C)\NCc1ccc2nccnc2c1. The normalized spacial score (nSPS) is 14.1. The van der Waals surface area contributed by atoms with Crippen molar-refractivity contribution in [3.05, 3.63) is 84.1 Å². The summed E-state index contributed by atoms with van der Waals surface area (Å²) in [6.45, 7) is 8.21. The summed E-state index contributed by atoms with van der Waals surface area (Å²) in [6, 6.07) is 6.34. The van der Waals surface area contributed by atoms with Crippen LogP contribution >= 0.6 is 0 Å². The smallest absolute Gasteiger partial charge is 0.131 e. The summed E-state index contributed by atoms with van der Waals surface area (Å²) in [6.07, 6.45) is 13.4. The Morgan fingerprint density at radius 1 is 1.24 bits per heavy atom. The van der Waals surface area contributed by atoms with E-state index in [4.69, 9.17) is 0 Å². The van der Waals surface area contributed by atoms with Gasteiger partial charge in [0.1, 0.15) is 5.83 Å². The van der Waals surface area contributed by atoms with Gasteiger partial charge in [0.05, 0.1) is 11.0 Å². The summed E-state index contributed by atoms with van der Waals surface area (Å²) in [5.74, 6) is -0.345. The zero-order valence-electron chi connectivity index (χ0n) is 17.6. The summed E-state index contributed by atoms with van der Waals surface area (Å²) in [5, 5.41) is 6.65. The average Bonchev–Trinajstić information content (AvgIpc) is 2.76. The van der Waals surface area contributed by atoms with Gasteiger partial charge in [0, 0.05) is 36.3 Å². The summed E-state index contributed by atoms with van der Waals surface area (Å²) in [7, 11) is 1.96. The van der Waals surface area contributed by atoms with E-state index in [-0.39, 0.29) is 5.83 Å². The number of halogens is 1. The molecule has 1 aromatic heterocycles. The molecule has 1 aromatic carbocycles. The van der Waals surface area contributed by atoms with E-state index in [9.17, 15) is 4.39 Å². The van der Waals surface area contributed by atoms with Gasteiger partial charge in [-0.3, -0.25) is 9.97 Å². The molecule has 5 heteroatoms. The lowest BCUT2D eigenvalue weighted by Crippen LogP contribution is -2.23. The Labute approximate surface area is 173 Å². The molecule has 2 rings (SSSR count). The lowest BCUT2D eigenvalue weighted by atomic mass is 10.1. The summed E-state index contributed by atoms with van der Waals surface area (Å²) in [4.78, 5) is 8.63. The molecule has 0 bridgehead atoms. The van der Waals surface area contributed by atoms with Crippen molar-refractivity contribution >= 4 is 11.0 Å². The highest BCUT2D eigenvalue weighted by Crippen LogP contribution is 2.19. The Balaban J connectivity index is 2.12. The third kappa shape index (κ3) is 6.64. The molecule has 0 fully saturated rings. The number of allylic oxidation sites excluding steroid dienone is 4. The van der Waals surface area contributed by atoms with E-state index in [1.54, 1.807) is 12.4 Å². The van der Waals surface area contributed by atoms with E-state index < -0.39 is 0 Å². The van der Waals surface area contributed by atoms with Gasteiger partial charge in [-0.15, -0.1) is 0 Å². The summed E-state index contributed by atoms with van der Waals surface area (Å²) in [5.41, 5.74) is 3.99. The quantitative estimate of drug-likeness (QED) is 0.503. The van der Waals surface area contributed by atoms with Gasteiger partial charge in [-0.25, -0.2) is 4.39 Å². The summed E-state index contributed by atoms with van der Waals surface area (Å²) < 4.78 is 14.5. The molecule has 0 aliphatic heterocycles. The van der Waals surface area contributed by atoms with Crippen LogP contribution in [-0.2, 0) is 6.54 Å².